The van der Waals surface area contributed by atoms with E-state index in [0.717, 1.165) is 36.6 Å². The number of hydrogen-bond acceptors (Lipinski definition) is 4. The van der Waals surface area contributed by atoms with Gasteiger partial charge in [-0.1, -0.05) is 55.0 Å². The number of piperidine rings is 1. The van der Waals surface area contributed by atoms with Crippen LogP contribution in [0.3, 0.4) is 0 Å². The second-order valence-electron chi connectivity index (χ2n) is 9.26. The molecule has 2 aliphatic heterocycles. The third-order valence-corrected chi connectivity index (χ3v) is 7.03. The molecule has 1 radical (unpaired) electrons. The van der Waals surface area contributed by atoms with Gasteiger partial charge in [0.25, 0.3) is 0 Å². The van der Waals surface area contributed by atoms with Gasteiger partial charge >= 0.3 is 0 Å². The molecule has 0 aliphatic carbocycles. The Hall–Kier alpha value is -1.88. The molecule has 5 heteroatoms. The van der Waals surface area contributed by atoms with Gasteiger partial charge in [0.15, 0.2) is 0 Å². The predicted octanol–water partition coefficient (Wildman–Crippen LogP) is 5.76. The van der Waals surface area contributed by atoms with Crippen LogP contribution < -0.4 is 9.47 Å². The zero-order valence-corrected chi connectivity index (χ0v) is 22.6. The fourth-order valence-corrected chi connectivity index (χ4v) is 5.20. The first kappa shape index (κ1) is 25.2. The van der Waals surface area contributed by atoms with Crippen LogP contribution in [0.1, 0.15) is 47.8 Å². The van der Waals surface area contributed by atoms with Gasteiger partial charge in [0.1, 0.15) is 23.9 Å². The van der Waals surface area contributed by atoms with Crippen LogP contribution in [0, 0.1) is 0 Å². The van der Waals surface area contributed by atoms with E-state index in [9.17, 15) is 5.11 Å². The zero-order chi connectivity index (χ0) is 22.5. The minimum absolute atomic E-state index is 0. The van der Waals surface area contributed by atoms with E-state index in [4.69, 9.17) is 9.47 Å². The van der Waals surface area contributed by atoms with E-state index in [0.29, 0.717) is 6.61 Å². The first-order valence-electron chi connectivity index (χ1n) is 12.2. The molecule has 2 heterocycles. The van der Waals surface area contributed by atoms with Crippen LogP contribution in [0.4, 0.5) is 0 Å². The summed E-state index contributed by atoms with van der Waals surface area (Å²) in [5, 5.41) is 9.93. The molecule has 0 bridgehead atoms. The van der Waals surface area contributed by atoms with Crippen molar-refractivity contribution >= 4 is 0 Å². The molecule has 175 valence electrons. The molecule has 5 rings (SSSR count). The third kappa shape index (κ3) is 6.21. The van der Waals surface area contributed by atoms with Gasteiger partial charge in [-0.2, -0.15) is 0 Å². The SMILES string of the molecule is Oc1ccc2c(c1)OCC(c1ccccc1)C2Cc1ccc(OCCN2CCCCC2)cc1.[Y]. The summed E-state index contributed by atoms with van der Waals surface area (Å²) in [7, 11) is 0. The maximum absolute atomic E-state index is 9.93. The Morgan fingerprint density at radius 2 is 1.68 bits per heavy atom. The Balaban J connectivity index is 0.00000274. The standard InChI is InChI=1S/C29H33NO3.Y/c31-24-11-14-26-27(28(21-33-29(26)20-24)23-7-3-1-4-8-23)19-22-9-12-25(13-10-22)32-18-17-30-15-5-2-6-16-30;/h1,3-4,7-14,20,27-28,31H,2,5-6,15-19,21H2;. The van der Waals surface area contributed by atoms with Crippen molar-refractivity contribution in [2.24, 2.45) is 0 Å². The van der Waals surface area contributed by atoms with Crippen molar-refractivity contribution in [1.82, 2.24) is 4.90 Å². The van der Waals surface area contributed by atoms with E-state index in [-0.39, 0.29) is 50.3 Å². The van der Waals surface area contributed by atoms with Gasteiger partial charge in [0.05, 0.1) is 6.61 Å². The van der Waals surface area contributed by atoms with E-state index in [1.165, 1.54) is 43.5 Å². The molecule has 4 nitrogen and oxygen atoms in total. The summed E-state index contributed by atoms with van der Waals surface area (Å²) < 4.78 is 12.1. The van der Waals surface area contributed by atoms with Gasteiger partial charge < -0.3 is 14.6 Å². The summed E-state index contributed by atoms with van der Waals surface area (Å²) >= 11 is 0. The number of benzene rings is 3. The number of rotatable bonds is 7. The minimum Gasteiger partial charge on any atom is -0.508 e. The molecule has 1 fully saturated rings. The predicted molar refractivity (Wildman–Crippen MR) is 131 cm³/mol. The molecule has 2 atom stereocenters. The van der Waals surface area contributed by atoms with Gasteiger partial charge in [-0.3, -0.25) is 4.90 Å². The molecule has 3 aromatic carbocycles. The largest absolute Gasteiger partial charge is 0.508 e. The molecule has 0 amide bonds. The van der Waals surface area contributed by atoms with E-state index < -0.39 is 0 Å². The molecule has 0 aromatic heterocycles. The van der Waals surface area contributed by atoms with E-state index in [1.807, 2.05) is 6.07 Å². The maximum atomic E-state index is 9.93. The Labute approximate surface area is 228 Å². The molecular formula is C29H33NO3Y. The van der Waals surface area contributed by atoms with Crippen molar-refractivity contribution in [2.45, 2.75) is 37.5 Å². The molecule has 2 aliphatic rings. The number of aromatic hydroxyl groups is 1. The summed E-state index contributed by atoms with van der Waals surface area (Å²) in [6, 6.07) is 24.7. The van der Waals surface area contributed by atoms with Crippen LogP contribution in [0.25, 0.3) is 0 Å². The molecule has 2 unspecified atom stereocenters. The summed E-state index contributed by atoms with van der Waals surface area (Å²) in [4.78, 5) is 2.50. The van der Waals surface area contributed by atoms with Crippen LogP contribution in [-0.2, 0) is 39.1 Å². The summed E-state index contributed by atoms with van der Waals surface area (Å²) in [5.41, 5.74) is 3.74. The fraction of sp³-hybridized carbons (Fsp3) is 0.379. The van der Waals surface area contributed by atoms with Crippen molar-refractivity contribution in [1.29, 1.82) is 0 Å². The van der Waals surface area contributed by atoms with Crippen molar-refractivity contribution < 1.29 is 47.3 Å². The van der Waals surface area contributed by atoms with Crippen molar-refractivity contribution in [2.75, 3.05) is 32.8 Å². The average Bonchev–Trinajstić information content (AvgIpc) is 2.86. The monoisotopic (exact) mass is 532 g/mol. The number of phenolic OH excluding ortho intramolecular Hbond substituents is 1. The second kappa shape index (κ2) is 12.2. The van der Waals surface area contributed by atoms with Crippen molar-refractivity contribution in [3.63, 3.8) is 0 Å². The molecule has 3 aromatic rings. The summed E-state index contributed by atoms with van der Waals surface area (Å²) in [6.07, 6.45) is 4.90. The van der Waals surface area contributed by atoms with Gasteiger partial charge in [-0.25, -0.2) is 0 Å². The Morgan fingerprint density at radius 3 is 2.44 bits per heavy atom. The summed E-state index contributed by atoms with van der Waals surface area (Å²) in [5.74, 6) is 2.53. The number of hydrogen-bond donors (Lipinski definition) is 1. The molecule has 1 saturated heterocycles. The van der Waals surface area contributed by atoms with Crippen LogP contribution >= 0.6 is 0 Å². The van der Waals surface area contributed by atoms with E-state index in [1.54, 1.807) is 12.1 Å². The number of phenols is 1. The van der Waals surface area contributed by atoms with Gasteiger partial charge in [-0.15, -0.1) is 0 Å². The van der Waals surface area contributed by atoms with E-state index in [2.05, 4.69) is 59.5 Å². The quantitative estimate of drug-likeness (QED) is 0.421. The van der Waals surface area contributed by atoms with Gasteiger partial charge in [-0.05, 0) is 67.2 Å². The smallest absolute Gasteiger partial charge is 0.126 e. The van der Waals surface area contributed by atoms with Crippen molar-refractivity contribution in [3.05, 3.63) is 89.5 Å². The Morgan fingerprint density at radius 1 is 0.912 bits per heavy atom. The minimum atomic E-state index is 0. The van der Waals surface area contributed by atoms with Crippen LogP contribution in [-0.4, -0.2) is 42.9 Å². The van der Waals surface area contributed by atoms with Gasteiger partial charge in [0, 0.05) is 57.2 Å². The number of fused-ring (bicyclic) bond motifs is 1. The molecule has 0 spiro atoms. The first-order valence-corrected chi connectivity index (χ1v) is 12.2. The summed E-state index contributed by atoms with van der Waals surface area (Å²) in [6.45, 7) is 4.77. The fourth-order valence-electron chi connectivity index (χ4n) is 5.20. The third-order valence-electron chi connectivity index (χ3n) is 7.03. The number of ether oxygens (including phenoxy) is 2. The van der Waals surface area contributed by atoms with E-state index >= 15 is 0 Å². The second-order valence-corrected chi connectivity index (χ2v) is 9.26. The average molecular weight is 532 g/mol. The van der Waals surface area contributed by atoms with Crippen LogP contribution in [0.15, 0.2) is 72.8 Å². The topological polar surface area (TPSA) is 41.9 Å². The number of likely N-dealkylation sites (tertiary alicyclic amines) is 1. The van der Waals surface area contributed by atoms with Crippen LogP contribution in [0.2, 0.25) is 0 Å². The molecule has 34 heavy (non-hydrogen) atoms. The first-order chi connectivity index (χ1) is 16.3. The molecule has 1 N–H and O–H groups in total. The molecule has 0 saturated carbocycles. The number of nitrogens with zero attached hydrogens (tertiary/aromatic N) is 1. The Bertz CT molecular complexity index is 1040. The van der Waals surface area contributed by atoms with Crippen LogP contribution in [0.5, 0.6) is 17.2 Å². The van der Waals surface area contributed by atoms with Crippen molar-refractivity contribution in [3.8, 4) is 17.2 Å². The van der Waals surface area contributed by atoms with Gasteiger partial charge in [0.2, 0.25) is 0 Å². The molecular weight excluding hydrogens is 499 g/mol. The maximum Gasteiger partial charge on any atom is 0.126 e. The normalized spacial score (nSPS) is 20.0. The Kier molecular flexibility index (Phi) is 9.05. The zero-order valence-electron chi connectivity index (χ0n) is 19.7.